The number of aromatic nitrogens is 4. The number of pyridine rings is 1. The van der Waals surface area contributed by atoms with Crippen molar-refractivity contribution in [1.82, 2.24) is 30.0 Å². The van der Waals surface area contributed by atoms with Crippen LogP contribution < -0.4 is 5.32 Å². The predicted octanol–water partition coefficient (Wildman–Crippen LogP) is 4.45. The van der Waals surface area contributed by atoms with Gasteiger partial charge in [-0.2, -0.15) is 18.3 Å². The van der Waals surface area contributed by atoms with E-state index in [1.165, 1.54) is 13.2 Å². The molecule has 10 nitrogen and oxygen atoms in total. The molecule has 0 saturated carbocycles. The Bertz CT molecular complexity index is 1690. The van der Waals surface area contributed by atoms with Gasteiger partial charge in [-0.1, -0.05) is 6.08 Å². The molecule has 6 rings (SSSR count). The van der Waals surface area contributed by atoms with Gasteiger partial charge in [0, 0.05) is 67.7 Å². The molecular weight excluding hydrogens is 583 g/mol. The van der Waals surface area contributed by atoms with E-state index in [2.05, 4.69) is 25.5 Å². The van der Waals surface area contributed by atoms with E-state index < -0.39 is 17.5 Å². The molecule has 2 N–H and O–H groups in total. The summed E-state index contributed by atoms with van der Waals surface area (Å²) >= 11 is 1.59. The molecular formula is C29H28F3N7O3S. The minimum atomic E-state index is -4.59. The number of carbonyl (C=O) groups is 2. The molecule has 0 aliphatic carbocycles. The summed E-state index contributed by atoms with van der Waals surface area (Å²) in [4.78, 5) is 38.1. The lowest BCUT2D eigenvalue weighted by Crippen LogP contribution is -2.48. The van der Waals surface area contributed by atoms with Gasteiger partial charge in [0.05, 0.1) is 12.1 Å². The first kappa shape index (κ1) is 29.0. The van der Waals surface area contributed by atoms with E-state index in [9.17, 15) is 22.8 Å². The molecule has 2 aliphatic heterocycles. The Morgan fingerprint density at radius 1 is 1.16 bits per heavy atom. The van der Waals surface area contributed by atoms with Crippen molar-refractivity contribution >= 4 is 45.3 Å². The van der Waals surface area contributed by atoms with Crippen molar-refractivity contribution in [2.75, 3.05) is 45.2 Å². The Hall–Kier alpha value is -4.14. The molecule has 1 fully saturated rings. The van der Waals surface area contributed by atoms with Crippen LogP contribution in [0.25, 0.3) is 27.7 Å². The summed E-state index contributed by atoms with van der Waals surface area (Å²) in [6, 6.07) is 7.42. The average molecular weight is 612 g/mol. The average Bonchev–Trinajstić information content (AvgIpc) is 3.77. The first-order valence-electron chi connectivity index (χ1n) is 13.6. The number of thiazole rings is 1. The number of rotatable bonds is 7. The number of fused-ring (bicyclic) bond motifs is 1. The van der Waals surface area contributed by atoms with E-state index in [-0.39, 0.29) is 30.5 Å². The molecule has 1 saturated heterocycles. The molecule has 0 spiro atoms. The number of halogens is 3. The number of aromatic amines is 1. The quantitative estimate of drug-likeness (QED) is 0.317. The summed E-state index contributed by atoms with van der Waals surface area (Å²) in [5.41, 5.74) is 0.546. The second kappa shape index (κ2) is 11.5. The van der Waals surface area contributed by atoms with E-state index in [0.717, 1.165) is 29.3 Å². The van der Waals surface area contributed by atoms with Crippen LogP contribution in [0.4, 0.5) is 18.9 Å². The van der Waals surface area contributed by atoms with E-state index in [1.54, 1.807) is 35.7 Å². The lowest BCUT2D eigenvalue weighted by molar-refractivity contribution is -0.141. The largest absolute Gasteiger partial charge is 0.433 e. The fraction of sp³-hybridized carbons (Fsp3) is 0.345. The Labute approximate surface area is 248 Å². The van der Waals surface area contributed by atoms with Gasteiger partial charge in [-0.3, -0.25) is 24.6 Å². The standard InChI is InChI=1S/C29H28F3N7O3S/c1-42-28(7-12-38(17-28)16-24(40)39-10-5-18(6-11-39)26-34-9-13-43-26)27(41)35-20-2-3-22-21(15-20)25(37-36-22)19-4-8-33-23(14-19)29(30,31)32/h2-5,8-9,13-15H,6-7,10-12,16-17H2,1H3,(H,35,41)(H,36,37)/t28-/m0/s1. The van der Waals surface area contributed by atoms with Crippen LogP contribution in [0.2, 0.25) is 0 Å². The SMILES string of the molecule is CO[C@@]1(C(=O)Nc2ccc3[nH]nc(-c4ccnc(C(F)(F)F)c4)c3c2)CCN(CC(=O)N2CC=C(c3nccs3)CC2)C1. The minimum absolute atomic E-state index is 0.00974. The molecule has 4 aromatic rings. The first-order chi connectivity index (χ1) is 20.6. The van der Waals surface area contributed by atoms with Crippen LogP contribution >= 0.6 is 11.3 Å². The summed E-state index contributed by atoms with van der Waals surface area (Å²) in [7, 11) is 1.47. The van der Waals surface area contributed by atoms with Crippen molar-refractivity contribution in [1.29, 1.82) is 0 Å². The first-order valence-corrected chi connectivity index (χ1v) is 14.5. The molecule has 0 radical (unpaired) electrons. The second-order valence-corrected chi connectivity index (χ2v) is 11.4. The third-order valence-electron chi connectivity index (χ3n) is 7.89. The normalized spacial score (nSPS) is 19.5. The topological polar surface area (TPSA) is 116 Å². The monoisotopic (exact) mass is 611 g/mol. The van der Waals surface area contributed by atoms with Crippen LogP contribution in [0.3, 0.4) is 0 Å². The summed E-state index contributed by atoms with van der Waals surface area (Å²) in [5, 5.41) is 13.4. The number of likely N-dealkylation sites (tertiary alicyclic amines) is 1. The highest BCUT2D eigenvalue weighted by Crippen LogP contribution is 2.34. The van der Waals surface area contributed by atoms with Gasteiger partial charge in [0.1, 0.15) is 16.4 Å². The van der Waals surface area contributed by atoms with Crippen LogP contribution in [-0.4, -0.2) is 87.2 Å². The molecule has 14 heteroatoms. The zero-order chi connectivity index (χ0) is 30.2. The van der Waals surface area contributed by atoms with E-state index >= 15 is 0 Å². The lowest BCUT2D eigenvalue weighted by Gasteiger charge is -2.29. The van der Waals surface area contributed by atoms with Crippen molar-refractivity contribution in [3.63, 3.8) is 0 Å². The number of methoxy groups -OCH3 is 1. The molecule has 43 heavy (non-hydrogen) atoms. The van der Waals surface area contributed by atoms with Crippen LogP contribution in [0.1, 0.15) is 23.5 Å². The minimum Gasteiger partial charge on any atom is -0.367 e. The van der Waals surface area contributed by atoms with Gasteiger partial charge in [-0.25, -0.2) is 4.98 Å². The lowest BCUT2D eigenvalue weighted by atomic mass is 10.0. The molecule has 0 unspecified atom stereocenters. The highest BCUT2D eigenvalue weighted by molar-refractivity contribution is 7.10. The number of nitrogens with zero attached hydrogens (tertiary/aromatic N) is 5. The molecule has 0 bridgehead atoms. The van der Waals surface area contributed by atoms with Crippen molar-refractivity contribution < 1.29 is 27.5 Å². The van der Waals surface area contributed by atoms with Crippen molar-refractivity contribution in [2.24, 2.45) is 0 Å². The van der Waals surface area contributed by atoms with Crippen LogP contribution in [-0.2, 0) is 20.5 Å². The number of carbonyl (C=O) groups excluding carboxylic acids is 2. The molecule has 1 aromatic carbocycles. The molecule has 2 amide bonds. The summed E-state index contributed by atoms with van der Waals surface area (Å²) < 4.78 is 45.4. The second-order valence-electron chi connectivity index (χ2n) is 10.5. The Morgan fingerprint density at radius 3 is 2.74 bits per heavy atom. The van der Waals surface area contributed by atoms with E-state index in [0.29, 0.717) is 48.3 Å². The number of hydrogen-bond acceptors (Lipinski definition) is 8. The number of alkyl halides is 3. The van der Waals surface area contributed by atoms with Gasteiger partial charge in [0.25, 0.3) is 5.91 Å². The summed E-state index contributed by atoms with van der Waals surface area (Å²) in [6.07, 6.45) is 1.46. The van der Waals surface area contributed by atoms with Gasteiger partial charge in [-0.05, 0) is 48.7 Å². The molecule has 5 heterocycles. The number of hydrogen-bond donors (Lipinski definition) is 2. The molecule has 2 aliphatic rings. The number of amides is 2. The van der Waals surface area contributed by atoms with Gasteiger partial charge in [0.2, 0.25) is 5.91 Å². The zero-order valence-electron chi connectivity index (χ0n) is 23.1. The fourth-order valence-corrected chi connectivity index (χ4v) is 6.20. The molecule has 224 valence electrons. The number of anilines is 1. The van der Waals surface area contributed by atoms with Gasteiger partial charge in [0.15, 0.2) is 5.60 Å². The van der Waals surface area contributed by atoms with E-state index in [1.807, 2.05) is 21.3 Å². The third kappa shape index (κ3) is 5.90. The van der Waals surface area contributed by atoms with Crippen LogP contribution in [0, 0.1) is 0 Å². The summed E-state index contributed by atoms with van der Waals surface area (Å²) in [5.74, 6) is -0.379. The van der Waals surface area contributed by atoms with Crippen molar-refractivity contribution in [2.45, 2.75) is 24.6 Å². The van der Waals surface area contributed by atoms with Crippen molar-refractivity contribution in [3.05, 3.63) is 64.9 Å². The zero-order valence-corrected chi connectivity index (χ0v) is 24.0. The molecule has 3 aromatic heterocycles. The van der Waals surface area contributed by atoms with Crippen LogP contribution in [0.15, 0.2) is 54.2 Å². The van der Waals surface area contributed by atoms with Crippen molar-refractivity contribution in [3.8, 4) is 11.3 Å². The van der Waals surface area contributed by atoms with E-state index in [4.69, 9.17) is 4.74 Å². The number of nitrogens with one attached hydrogen (secondary N) is 2. The highest BCUT2D eigenvalue weighted by Gasteiger charge is 2.45. The Morgan fingerprint density at radius 2 is 2.02 bits per heavy atom. The number of ether oxygens (including phenoxy) is 1. The molecule has 1 atom stereocenters. The third-order valence-corrected chi connectivity index (χ3v) is 8.74. The fourth-order valence-electron chi connectivity index (χ4n) is 5.49. The van der Waals surface area contributed by atoms with Gasteiger partial charge < -0.3 is 15.0 Å². The maximum Gasteiger partial charge on any atom is 0.433 e. The Kier molecular flexibility index (Phi) is 7.75. The van der Waals surface area contributed by atoms with Gasteiger partial charge >= 0.3 is 6.18 Å². The van der Waals surface area contributed by atoms with Gasteiger partial charge in [-0.15, -0.1) is 11.3 Å². The predicted molar refractivity (Wildman–Crippen MR) is 155 cm³/mol. The maximum absolute atomic E-state index is 13.5. The maximum atomic E-state index is 13.5. The Balaban J connectivity index is 1.12. The highest BCUT2D eigenvalue weighted by atomic mass is 32.1. The smallest absolute Gasteiger partial charge is 0.367 e. The number of H-pyrrole nitrogens is 1. The summed E-state index contributed by atoms with van der Waals surface area (Å²) in [6.45, 7) is 2.06. The van der Waals surface area contributed by atoms with Crippen LogP contribution in [0.5, 0.6) is 0 Å². The number of benzene rings is 1.